The van der Waals surface area contributed by atoms with E-state index in [1.165, 1.54) is 5.56 Å². The molecule has 0 aromatic heterocycles. The van der Waals surface area contributed by atoms with Gasteiger partial charge in [-0.05, 0) is 50.8 Å². The first-order valence-electron chi connectivity index (χ1n) is 10.9. The average molecular weight is 412 g/mol. The van der Waals surface area contributed by atoms with E-state index >= 15 is 0 Å². The van der Waals surface area contributed by atoms with Gasteiger partial charge in [0.05, 0.1) is 18.6 Å². The van der Waals surface area contributed by atoms with Crippen molar-refractivity contribution in [1.82, 2.24) is 4.90 Å². The number of esters is 1. The highest BCUT2D eigenvalue weighted by Crippen LogP contribution is 2.37. The molecule has 0 bridgehead atoms. The fourth-order valence-electron chi connectivity index (χ4n) is 4.32. The smallest absolute Gasteiger partial charge is 0.313 e. The molecule has 0 unspecified atom stereocenters. The van der Waals surface area contributed by atoms with E-state index in [0.29, 0.717) is 19.7 Å². The normalized spacial score (nSPS) is 19.4. The van der Waals surface area contributed by atoms with Crippen molar-refractivity contribution >= 4 is 5.97 Å². The van der Waals surface area contributed by atoms with E-state index in [1.807, 2.05) is 43.3 Å². The Morgan fingerprint density at radius 3 is 2.67 bits per heavy atom. The highest BCUT2D eigenvalue weighted by atomic mass is 16.5. The number of aliphatic hydroxyl groups excluding tert-OH is 1. The van der Waals surface area contributed by atoms with Gasteiger partial charge in [0.15, 0.2) is 0 Å². The molecule has 0 saturated carbocycles. The van der Waals surface area contributed by atoms with Crippen LogP contribution in [0.4, 0.5) is 0 Å². The quantitative estimate of drug-likeness (QED) is 0.602. The van der Waals surface area contributed by atoms with Gasteiger partial charge in [0.2, 0.25) is 0 Å². The molecule has 0 radical (unpaired) electrons. The number of piperidine rings is 1. The van der Waals surface area contributed by atoms with E-state index in [9.17, 15) is 4.79 Å². The van der Waals surface area contributed by atoms with E-state index in [4.69, 9.17) is 14.6 Å². The Balaban J connectivity index is 1.74. The summed E-state index contributed by atoms with van der Waals surface area (Å²) in [5.74, 6) is 0.721. The molecule has 162 valence electrons. The molecule has 1 fully saturated rings. The molecule has 1 aliphatic rings. The molecule has 1 saturated heterocycles. The molecule has 0 aliphatic carbocycles. The summed E-state index contributed by atoms with van der Waals surface area (Å²) in [5.41, 5.74) is 1.85. The van der Waals surface area contributed by atoms with Gasteiger partial charge in [-0.2, -0.15) is 0 Å². The van der Waals surface area contributed by atoms with Gasteiger partial charge in [-0.1, -0.05) is 48.5 Å². The van der Waals surface area contributed by atoms with Crippen molar-refractivity contribution in [3.05, 3.63) is 65.7 Å². The minimum Gasteiger partial charge on any atom is -0.491 e. The molecule has 1 atom stereocenters. The second-order valence-electron chi connectivity index (χ2n) is 7.98. The van der Waals surface area contributed by atoms with Gasteiger partial charge in [0, 0.05) is 18.7 Å². The summed E-state index contributed by atoms with van der Waals surface area (Å²) in [6.07, 6.45) is 3.48. The molecule has 1 heterocycles. The summed E-state index contributed by atoms with van der Waals surface area (Å²) >= 11 is 0. The highest BCUT2D eigenvalue weighted by Gasteiger charge is 2.43. The molecule has 1 aliphatic heterocycles. The van der Waals surface area contributed by atoms with Crippen LogP contribution < -0.4 is 4.74 Å². The maximum absolute atomic E-state index is 13.0. The molecule has 0 amide bonds. The number of nitrogens with zero attached hydrogens (tertiary/aromatic N) is 1. The molecule has 5 heteroatoms. The van der Waals surface area contributed by atoms with Crippen molar-refractivity contribution < 1.29 is 19.4 Å². The van der Waals surface area contributed by atoms with Crippen LogP contribution in [0.3, 0.4) is 0 Å². The average Bonchev–Trinajstić information content (AvgIpc) is 2.78. The van der Waals surface area contributed by atoms with Gasteiger partial charge in [-0.3, -0.25) is 9.69 Å². The monoisotopic (exact) mass is 411 g/mol. The Morgan fingerprint density at radius 2 is 1.90 bits per heavy atom. The summed E-state index contributed by atoms with van der Waals surface area (Å²) in [6, 6.07) is 18.3. The third-order valence-corrected chi connectivity index (χ3v) is 5.81. The molecule has 3 rings (SSSR count). The van der Waals surface area contributed by atoms with E-state index in [-0.39, 0.29) is 19.2 Å². The lowest BCUT2D eigenvalue weighted by Crippen LogP contribution is -2.48. The Kier molecular flexibility index (Phi) is 8.29. The maximum Gasteiger partial charge on any atom is 0.313 e. The van der Waals surface area contributed by atoms with Gasteiger partial charge < -0.3 is 14.6 Å². The van der Waals surface area contributed by atoms with Crippen LogP contribution in [-0.4, -0.2) is 48.9 Å². The molecular formula is C25H33NO4. The van der Waals surface area contributed by atoms with Crippen LogP contribution in [0.1, 0.15) is 37.3 Å². The van der Waals surface area contributed by atoms with Crippen LogP contribution in [0.5, 0.6) is 5.75 Å². The number of aryl methyl sites for hydroxylation is 1. The fourth-order valence-corrected chi connectivity index (χ4v) is 4.32. The van der Waals surface area contributed by atoms with Crippen molar-refractivity contribution in [2.45, 2.75) is 39.2 Å². The minimum absolute atomic E-state index is 0.0104. The van der Waals surface area contributed by atoms with Gasteiger partial charge >= 0.3 is 5.97 Å². The van der Waals surface area contributed by atoms with Crippen LogP contribution in [0.2, 0.25) is 0 Å². The summed E-state index contributed by atoms with van der Waals surface area (Å²) in [4.78, 5) is 15.4. The van der Waals surface area contributed by atoms with Crippen LogP contribution in [0.15, 0.2) is 54.6 Å². The van der Waals surface area contributed by atoms with E-state index in [2.05, 4.69) is 23.1 Å². The van der Waals surface area contributed by atoms with Crippen molar-refractivity contribution in [3.63, 3.8) is 0 Å². The molecular weight excluding hydrogens is 378 g/mol. The molecule has 2 aromatic rings. The number of para-hydroxylation sites is 1. The predicted molar refractivity (Wildman–Crippen MR) is 117 cm³/mol. The predicted octanol–water partition coefficient (Wildman–Crippen LogP) is 3.84. The van der Waals surface area contributed by atoms with Crippen LogP contribution >= 0.6 is 0 Å². The number of aliphatic hydroxyl groups is 1. The Morgan fingerprint density at radius 1 is 1.13 bits per heavy atom. The molecule has 2 aromatic carbocycles. The standard InChI is InChI=1S/C25H33NO4/c1-2-29-24(28)25(15-13-21-9-4-3-5-10-21)14-8-16-26(20-25)19-22-11-6-7-12-23(22)30-18-17-27/h3-7,9-12,27H,2,8,13-20H2,1H3/t25-/m1/s1. The van der Waals surface area contributed by atoms with Crippen molar-refractivity contribution in [1.29, 1.82) is 0 Å². The number of likely N-dealkylation sites (tertiary alicyclic amines) is 1. The zero-order valence-electron chi connectivity index (χ0n) is 17.9. The summed E-state index contributed by atoms with van der Waals surface area (Å²) < 4.78 is 11.2. The number of carbonyl (C=O) groups is 1. The number of rotatable bonds is 10. The molecule has 5 nitrogen and oxygen atoms in total. The Hall–Kier alpha value is -2.37. The second kappa shape index (κ2) is 11.1. The third kappa shape index (κ3) is 5.83. The first-order chi connectivity index (χ1) is 14.7. The van der Waals surface area contributed by atoms with E-state index in [1.54, 1.807) is 0 Å². The van der Waals surface area contributed by atoms with Gasteiger partial charge in [0.25, 0.3) is 0 Å². The van der Waals surface area contributed by atoms with E-state index < -0.39 is 5.41 Å². The largest absolute Gasteiger partial charge is 0.491 e. The van der Waals surface area contributed by atoms with Gasteiger partial charge in [0.1, 0.15) is 12.4 Å². The number of hydrogen-bond donors (Lipinski definition) is 1. The van der Waals surface area contributed by atoms with Crippen LogP contribution in [0.25, 0.3) is 0 Å². The van der Waals surface area contributed by atoms with Crippen molar-refractivity contribution in [2.24, 2.45) is 5.41 Å². The molecule has 1 N–H and O–H groups in total. The second-order valence-corrected chi connectivity index (χ2v) is 7.98. The Labute approximate surface area is 179 Å². The van der Waals surface area contributed by atoms with Crippen LogP contribution in [0, 0.1) is 5.41 Å². The van der Waals surface area contributed by atoms with Crippen molar-refractivity contribution in [3.8, 4) is 5.75 Å². The zero-order chi connectivity index (χ0) is 21.2. The summed E-state index contributed by atoms with van der Waals surface area (Å²) in [7, 11) is 0. The van der Waals surface area contributed by atoms with E-state index in [0.717, 1.165) is 43.5 Å². The third-order valence-electron chi connectivity index (χ3n) is 5.81. The van der Waals surface area contributed by atoms with Crippen LogP contribution in [-0.2, 0) is 22.5 Å². The lowest BCUT2D eigenvalue weighted by Gasteiger charge is -2.41. The first-order valence-corrected chi connectivity index (χ1v) is 10.9. The lowest BCUT2D eigenvalue weighted by molar-refractivity contribution is -0.160. The highest BCUT2D eigenvalue weighted by molar-refractivity contribution is 5.77. The number of carbonyl (C=O) groups excluding carboxylic acids is 1. The maximum atomic E-state index is 13.0. The topological polar surface area (TPSA) is 59.0 Å². The minimum atomic E-state index is -0.481. The van der Waals surface area contributed by atoms with Crippen molar-refractivity contribution in [2.75, 3.05) is 32.9 Å². The first kappa shape index (κ1) is 22.3. The summed E-state index contributed by atoms with van der Waals surface area (Å²) in [6.45, 7) is 4.90. The van der Waals surface area contributed by atoms with Gasteiger partial charge in [-0.25, -0.2) is 0 Å². The SMILES string of the molecule is CCOC(=O)[C@@]1(CCc2ccccc2)CCCN(Cc2ccccc2OCCO)C1. The van der Waals surface area contributed by atoms with Gasteiger partial charge in [-0.15, -0.1) is 0 Å². The molecule has 30 heavy (non-hydrogen) atoms. The zero-order valence-corrected chi connectivity index (χ0v) is 17.9. The lowest BCUT2D eigenvalue weighted by atomic mass is 9.75. The molecule has 0 spiro atoms. The fraction of sp³-hybridized carbons (Fsp3) is 0.480. The number of benzene rings is 2. The number of hydrogen-bond acceptors (Lipinski definition) is 5. The summed E-state index contributed by atoms with van der Waals surface area (Å²) in [5, 5.41) is 9.09. The Bertz CT molecular complexity index is 795. The number of ether oxygens (including phenoxy) is 2.